The van der Waals surface area contributed by atoms with Crippen LogP contribution in [0.1, 0.15) is 36.5 Å². The Morgan fingerprint density at radius 2 is 2.17 bits per heavy atom. The van der Waals surface area contributed by atoms with Crippen molar-refractivity contribution in [3.8, 4) is 0 Å². The number of rotatable bonds is 6. The topological polar surface area (TPSA) is 92.4 Å². The van der Waals surface area contributed by atoms with Crippen LogP contribution in [0.4, 0.5) is 0 Å². The molecule has 0 fully saturated rings. The van der Waals surface area contributed by atoms with Gasteiger partial charge in [-0.25, -0.2) is 0 Å². The summed E-state index contributed by atoms with van der Waals surface area (Å²) in [6, 6.07) is 1.51. The first-order valence-electron chi connectivity index (χ1n) is 5.84. The van der Waals surface area contributed by atoms with Crippen LogP contribution < -0.4 is 5.32 Å². The average Bonchev–Trinajstić information content (AvgIpc) is 2.69. The molecule has 1 aromatic heterocycles. The number of aliphatic carboxylic acids is 1. The van der Waals surface area contributed by atoms with Crippen molar-refractivity contribution in [3.05, 3.63) is 17.5 Å². The summed E-state index contributed by atoms with van der Waals surface area (Å²) in [5.74, 6) is -1.57. The Morgan fingerprint density at radius 1 is 1.50 bits per heavy atom. The lowest BCUT2D eigenvalue weighted by molar-refractivity contribution is -0.142. The maximum absolute atomic E-state index is 11.6. The molecule has 0 aromatic carbocycles. The minimum atomic E-state index is -0.905. The van der Waals surface area contributed by atoms with Crippen LogP contribution in [0.25, 0.3) is 0 Å². The Hall–Kier alpha value is -1.85. The summed E-state index contributed by atoms with van der Waals surface area (Å²) in [4.78, 5) is 22.6. The lowest BCUT2D eigenvalue weighted by Crippen LogP contribution is -2.33. The quantitative estimate of drug-likeness (QED) is 0.801. The highest BCUT2D eigenvalue weighted by molar-refractivity contribution is 5.91. The minimum Gasteiger partial charge on any atom is -0.481 e. The Kier molecular flexibility index (Phi) is 4.88. The zero-order chi connectivity index (χ0) is 13.7. The van der Waals surface area contributed by atoms with Gasteiger partial charge in [0.15, 0.2) is 0 Å². The van der Waals surface area contributed by atoms with Crippen molar-refractivity contribution in [2.75, 3.05) is 6.54 Å². The first kappa shape index (κ1) is 14.2. The van der Waals surface area contributed by atoms with Crippen LogP contribution in [-0.2, 0) is 4.79 Å². The Balaban J connectivity index is 2.52. The normalized spacial score (nSPS) is 12.4. The highest BCUT2D eigenvalue weighted by Gasteiger charge is 2.21. The third kappa shape index (κ3) is 4.20. The van der Waals surface area contributed by atoms with Gasteiger partial charge < -0.3 is 14.9 Å². The van der Waals surface area contributed by atoms with Crippen LogP contribution >= 0.6 is 0 Å². The number of carboxylic acid groups (broad SMARTS) is 1. The first-order chi connectivity index (χ1) is 8.40. The molecule has 100 valence electrons. The number of aryl methyl sites for hydroxylation is 1. The van der Waals surface area contributed by atoms with Gasteiger partial charge in [0, 0.05) is 12.6 Å². The SMILES string of the molecule is Cc1cc(C(=O)NCC(CC(C)C)C(=O)O)on1. The van der Waals surface area contributed by atoms with E-state index in [1.807, 2.05) is 13.8 Å². The van der Waals surface area contributed by atoms with Crippen LogP contribution in [0, 0.1) is 18.8 Å². The van der Waals surface area contributed by atoms with Crippen LogP contribution in [-0.4, -0.2) is 28.7 Å². The zero-order valence-electron chi connectivity index (χ0n) is 10.8. The smallest absolute Gasteiger partial charge is 0.308 e. The second-order valence-corrected chi connectivity index (χ2v) is 4.71. The molecule has 1 atom stereocenters. The highest BCUT2D eigenvalue weighted by Crippen LogP contribution is 2.11. The summed E-state index contributed by atoms with van der Waals surface area (Å²) in [7, 11) is 0. The van der Waals surface area contributed by atoms with Gasteiger partial charge in [0.2, 0.25) is 5.76 Å². The molecular weight excluding hydrogens is 236 g/mol. The van der Waals surface area contributed by atoms with E-state index in [1.165, 1.54) is 6.07 Å². The second kappa shape index (κ2) is 6.18. The summed E-state index contributed by atoms with van der Waals surface area (Å²) in [6.45, 7) is 5.68. The molecule has 0 aliphatic rings. The van der Waals surface area contributed by atoms with Gasteiger partial charge in [-0.05, 0) is 19.3 Å². The number of nitrogens with one attached hydrogen (secondary N) is 1. The molecule has 1 heterocycles. The van der Waals surface area contributed by atoms with Crippen LogP contribution in [0.2, 0.25) is 0 Å². The molecule has 0 spiro atoms. The second-order valence-electron chi connectivity index (χ2n) is 4.71. The summed E-state index contributed by atoms with van der Waals surface area (Å²) < 4.78 is 4.79. The van der Waals surface area contributed by atoms with Gasteiger partial charge in [0.1, 0.15) is 0 Å². The van der Waals surface area contributed by atoms with Gasteiger partial charge in [-0.3, -0.25) is 9.59 Å². The van der Waals surface area contributed by atoms with Gasteiger partial charge in [0.05, 0.1) is 11.6 Å². The van der Waals surface area contributed by atoms with Gasteiger partial charge in [-0.1, -0.05) is 19.0 Å². The fraction of sp³-hybridized carbons (Fsp3) is 0.583. The largest absolute Gasteiger partial charge is 0.481 e. The van der Waals surface area contributed by atoms with E-state index in [0.29, 0.717) is 12.1 Å². The van der Waals surface area contributed by atoms with Crippen LogP contribution in [0.5, 0.6) is 0 Å². The highest BCUT2D eigenvalue weighted by atomic mass is 16.5. The van der Waals surface area contributed by atoms with Crippen LogP contribution in [0.15, 0.2) is 10.6 Å². The fourth-order valence-electron chi connectivity index (χ4n) is 1.61. The van der Waals surface area contributed by atoms with Crippen molar-refractivity contribution in [2.24, 2.45) is 11.8 Å². The van der Waals surface area contributed by atoms with Crippen molar-refractivity contribution in [2.45, 2.75) is 27.2 Å². The van der Waals surface area contributed by atoms with Gasteiger partial charge in [-0.2, -0.15) is 0 Å². The number of nitrogens with zero attached hydrogens (tertiary/aromatic N) is 1. The standard InChI is InChI=1S/C12H18N2O4/c1-7(2)4-9(12(16)17)6-13-11(15)10-5-8(3)14-18-10/h5,7,9H,4,6H2,1-3H3,(H,13,15)(H,16,17). The van der Waals surface area contributed by atoms with Crippen molar-refractivity contribution >= 4 is 11.9 Å². The Bertz CT molecular complexity index is 425. The van der Waals surface area contributed by atoms with Crippen molar-refractivity contribution in [1.29, 1.82) is 0 Å². The van der Waals surface area contributed by atoms with E-state index < -0.39 is 17.8 Å². The molecule has 0 saturated carbocycles. The molecule has 1 rings (SSSR count). The number of carbonyl (C=O) groups excluding carboxylic acids is 1. The van der Waals surface area contributed by atoms with E-state index >= 15 is 0 Å². The average molecular weight is 254 g/mol. The minimum absolute atomic E-state index is 0.0894. The molecule has 18 heavy (non-hydrogen) atoms. The summed E-state index contributed by atoms with van der Waals surface area (Å²) in [5.41, 5.74) is 0.608. The monoisotopic (exact) mass is 254 g/mol. The van der Waals surface area contributed by atoms with Gasteiger partial charge in [-0.15, -0.1) is 0 Å². The Morgan fingerprint density at radius 3 is 2.61 bits per heavy atom. The maximum atomic E-state index is 11.6. The lowest BCUT2D eigenvalue weighted by Gasteiger charge is -2.14. The molecule has 1 aromatic rings. The lowest BCUT2D eigenvalue weighted by atomic mass is 9.97. The predicted molar refractivity (Wildman–Crippen MR) is 64.2 cm³/mol. The van der Waals surface area contributed by atoms with E-state index in [1.54, 1.807) is 6.92 Å². The molecule has 6 heteroatoms. The molecule has 0 aliphatic heterocycles. The molecule has 2 N–H and O–H groups in total. The van der Waals surface area contributed by atoms with Crippen LogP contribution in [0.3, 0.4) is 0 Å². The zero-order valence-corrected chi connectivity index (χ0v) is 10.8. The third-order valence-corrected chi connectivity index (χ3v) is 2.47. The summed E-state index contributed by atoms with van der Waals surface area (Å²) in [5, 5.41) is 15.2. The number of amides is 1. The van der Waals surface area contributed by atoms with Crippen molar-refractivity contribution in [3.63, 3.8) is 0 Å². The van der Waals surface area contributed by atoms with Gasteiger partial charge >= 0.3 is 5.97 Å². The predicted octanol–water partition coefficient (Wildman–Crippen LogP) is 1.46. The maximum Gasteiger partial charge on any atom is 0.308 e. The number of carbonyl (C=O) groups is 2. The molecule has 0 radical (unpaired) electrons. The molecule has 1 unspecified atom stereocenters. The molecule has 0 saturated heterocycles. The van der Waals surface area contributed by atoms with E-state index in [2.05, 4.69) is 10.5 Å². The molecule has 1 amide bonds. The molecule has 0 bridgehead atoms. The molecular formula is C12H18N2O4. The van der Waals surface area contributed by atoms with Crippen molar-refractivity contribution < 1.29 is 19.2 Å². The van der Waals surface area contributed by atoms with E-state index in [9.17, 15) is 9.59 Å². The van der Waals surface area contributed by atoms with E-state index in [0.717, 1.165) is 0 Å². The first-order valence-corrected chi connectivity index (χ1v) is 5.84. The van der Waals surface area contributed by atoms with Crippen molar-refractivity contribution in [1.82, 2.24) is 10.5 Å². The number of hydrogen-bond acceptors (Lipinski definition) is 4. The summed E-state index contributed by atoms with van der Waals surface area (Å²) >= 11 is 0. The summed E-state index contributed by atoms with van der Waals surface area (Å²) in [6.07, 6.45) is 0.519. The van der Waals surface area contributed by atoms with E-state index in [-0.39, 0.29) is 18.2 Å². The molecule has 0 aliphatic carbocycles. The fourth-order valence-corrected chi connectivity index (χ4v) is 1.61. The number of aromatic nitrogens is 1. The van der Waals surface area contributed by atoms with Gasteiger partial charge in [0.25, 0.3) is 5.91 Å². The Labute approximate surface area is 105 Å². The number of hydrogen-bond donors (Lipinski definition) is 2. The molecule has 6 nitrogen and oxygen atoms in total. The van der Waals surface area contributed by atoms with E-state index in [4.69, 9.17) is 9.63 Å². The third-order valence-electron chi connectivity index (χ3n) is 2.47. The number of carboxylic acids is 1.